The Morgan fingerprint density at radius 3 is 2.14 bits per heavy atom. The van der Waals surface area contributed by atoms with Crippen molar-refractivity contribution in [2.75, 3.05) is 6.61 Å². The molecule has 3 aromatic carbocycles. The molecule has 0 aliphatic rings. The molecule has 4 rings (SSSR count). The van der Waals surface area contributed by atoms with Crippen molar-refractivity contribution < 1.29 is 17.9 Å². The van der Waals surface area contributed by atoms with Crippen LogP contribution in [0.25, 0.3) is 11.3 Å². The van der Waals surface area contributed by atoms with Gasteiger partial charge in [-0.2, -0.15) is 18.4 Å². The van der Waals surface area contributed by atoms with Gasteiger partial charge in [0.25, 0.3) is 5.56 Å². The van der Waals surface area contributed by atoms with Gasteiger partial charge in [0.1, 0.15) is 17.4 Å². The van der Waals surface area contributed by atoms with Crippen molar-refractivity contribution in [1.82, 2.24) is 4.57 Å². The molecular formula is C28H21F3N2O2. The molecule has 1 heterocycles. The van der Waals surface area contributed by atoms with Crippen molar-refractivity contribution >= 4 is 0 Å². The first kappa shape index (κ1) is 23.8. The smallest absolute Gasteiger partial charge is 0.417 e. The van der Waals surface area contributed by atoms with E-state index in [0.717, 1.165) is 17.2 Å². The summed E-state index contributed by atoms with van der Waals surface area (Å²) in [7, 11) is 0. The summed E-state index contributed by atoms with van der Waals surface area (Å²) in [6.07, 6.45) is -4.19. The van der Waals surface area contributed by atoms with Crippen LogP contribution in [0.15, 0.2) is 95.8 Å². The van der Waals surface area contributed by atoms with E-state index in [-0.39, 0.29) is 12.2 Å². The van der Waals surface area contributed by atoms with Crippen molar-refractivity contribution in [3.8, 4) is 23.1 Å². The minimum Gasteiger partial charge on any atom is -0.493 e. The van der Waals surface area contributed by atoms with Crippen molar-refractivity contribution in [2.45, 2.75) is 19.1 Å². The first-order valence-electron chi connectivity index (χ1n) is 10.9. The average molecular weight is 474 g/mol. The highest BCUT2D eigenvalue weighted by Gasteiger charge is 2.36. The SMILES string of the molecule is N#Cc1c(C(F)(F)F)cc(-c2cccc(OCCc3ccccc3)c2)n(Cc2ccccc2)c1=O. The quantitative estimate of drug-likeness (QED) is 0.326. The number of halogens is 3. The van der Waals surface area contributed by atoms with E-state index in [4.69, 9.17) is 4.74 Å². The Kier molecular flexibility index (Phi) is 7.02. The molecule has 0 radical (unpaired) electrons. The van der Waals surface area contributed by atoms with Crippen LogP contribution in [-0.4, -0.2) is 11.2 Å². The molecule has 0 aliphatic carbocycles. The van der Waals surface area contributed by atoms with Gasteiger partial charge in [-0.05, 0) is 29.3 Å². The minimum atomic E-state index is -4.85. The van der Waals surface area contributed by atoms with E-state index in [2.05, 4.69) is 0 Å². The van der Waals surface area contributed by atoms with Gasteiger partial charge in [0.15, 0.2) is 0 Å². The van der Waals surface area contributed by atoms with E-state index in [1.54, 1.807) is 54.6 Å². The molecule has 0 saturated carbocycles. The summed E-state index contributed by atoms with van der Waals surface area (Å²) in [4.78, 5) is 13.1. The number of hydrogen-bond acceptors (Lipinski definition) is 3. The number of hydrogen-bond donors (Lipinski definition) is 0. The maximum atomic E-state index is 13.8. The molecule has 4 aromatic rings. The van der Waals surface area contributed by atoms with Crippen molar-refractivity contribution in [3.63, 3.8) is 0 Å². The summed E-state index contributed by atoms with van der Waals surface area (Å²) in [6.45, 7) is 0.395. The van der Waals surface area contributed by atoms with Crippen LogP contribution in [0.3, 0.4) is 0 Å². The summed E-state index contributed by atoms with van der Waals surface area (Å²) in [5.41, 5.74) is -0.912. The van der Waals surface area contributed by atoms with E-state index in [9.17, 15) is 23.2 Å². The molecular weight excluding hydrogens is 453 g/mol. The molecule has 1 aromatic heterocycles. The van der Waals surface area contributed by atoms with E-state index in [1.165, 1.54) is 10.6 Å². The highest BCUT2D eigenvalue weighted by atomic mass is 19.4. The molecule has 35 heavy (non-hydrogen) atoms. The zero-order chi connectivity index (χ0) is 24.8. The molecule has 0 amide bonds. The lowest BCUT2D eigenvalue weighted by atomic mass is 10.0. The van der Waals surface area contributed by atoms with E-state index < -0.39 is 22.9 Å². The molecule has 0 unspecified atom stereocenters. The summed E-state index contributed by atoms with van der Waals surface area (Å²) >= 11 is 0. The molecule has 4 nitrogen and oxygen atoms in total. The molecule has 176 valence electrons. The standard InChI is InChI=1S/C28H21F3N2O2/c29-28(30,31)25-17-26(33(27(34)24(25)18-32)19-21-10-5-2-6-11-21)22-12-7-13-23(16-22)35-15-14-20-8-3-1-4-9-20/h1-13,16-17H,14-15,19H2. The maximum absolute atomic E-state index is 13.8. The highest BCUT2D eigenvalue weighted by molar-refractivity contribution is 5.64. The number of benzene rings is 3. The van der Waals surface area contributed by atoms with Crippen LogP contribution in [0.1, 0.15) is 22.3 Å². The summed E-state index contributed by atoms with van der Waals surface area (Å²) in [6, 6.07) is 27.6. The van der Waals surface area contributed by atoms with Crippen LogP contribution in [0, 0.1) is 11.3 Å². The second-order valence-electron chi connectivity index (χ2n) is 7.92. The normalized spacial score (nSPS) is 11.1. The zero-order valence-electron chi connectivity index (χ0n) is 18.6. The van der Waals surface area contributed by atoms with Gasteiger partial charge in [-0.3, -0.25) is 4.79 Å². The number of nitrogens with zero attached hydrogens (tertiary/aromatic N) is 2. The molecule has 0 N–H and O–H groups in total. The third-order valence-electron chi connectivity index (χ3n) is 5.53. The number of aromatic nitrogens is 1. The Hall–Kier alpha value is -4.31. The molecule has 0 atom stereocenters. The lowest BCUT2D eigenvalue weighted by molar-refractivity contribution is -0.137. The van der Waals surface area contributed by atoms with Crippen LogP contribution in [0.4, 0.5) is 13.2 Å². The summed E-state index contributed by atoms with van der Waals surface area (Å²) in [5.74, 6) is 0.468. The van der Waals surface area contributed by atoms with Gasteiger partial charge in [0.2, 0.25) is 0 Å². The topological polar surface area (TPSA) is 55.0 Å². The third kappa shape index (κ3) is 5.61. The second kappa shape index (κ2) is 10.3. The first-order chi connectivity index (χ1) is 16.9. The average Bonchev–Trinajstić information content (AvgIpc) is 2.86. The predicted molar refractivity (Wildman–Crippen MR) is 127 cm³/mol. The lowest BCUT2D eigenvalue weighted by Crippen LogP contribution is -2.28. The van der Waals surface area contributed by atoms with Crippen LogP contribution in [0.2, 0.25) is 0 Å². The number of rotatable bonds is 7. The monoisotopic (exact) mass is 474 g/mol. The Morgan fingerprint density at radius 1 is 0.857 bits per heavy atom. The predicted octanol–water partition coefficient (Wildman–Crippen LogP) is 6.08. The largest absolute Gasteiger partial charge is 0.493 e. The number of nitriles is 1. The first-order valence-corrected chi connectivity index (χ1v) is 10.9. The van der Waals surface area contributed by atoms with E-state index in [1.807, 2.05) is 30.3 Å². The summed E-state index contributed by atoms with van der Waals surface area (Å²) < 4.78 is 48.3. The van der Waals surface area contributed by atoms with Crippen molar-refractivity contribution in [3.05, 3.63) is 124 Å². The summed E-state index contributed by atoms with van der Waals surface area (Å²) in [5, 5.41) is 9.37. The van der Waals surface area contributed by atoms with Gasteiger partial charge in [-0.25, -0.2) is 0 Å². The fraction of sp³-hybridized carbons (Fsp3) is 0.143. The van der Waals surface area contributed by atoms with Crippen LogP contribution >= 0.6 is 0 Å². The lowest BCUT2D eigenvalue weighted by Gasteiger charge is -2.18. The highest BCUT2D eigenvalue weighted by Crippen LogP contribution is 2.34. The van der Waals surface area contributed by atoms with E-state index in [0.29, 0.717) is 24.3 Å². The fourth-order valence-electron chi connectivity index (χ4n) is 3.82. The van der Waals surface area contributed by atoms with E-state index >= 15 is 0 Å². The Balaban J connectivity index is 1.74. The van der Waals surface area contributed by atoms with Gasteiger partial charge in [-0.1, -0.05) is 72.8 Å². The van der Waals surface area contributed by atoms with Crippen molar-refractivity contribution in [2.24, 2.45) is 0 Å². The van der Waals surface area contributed by atoms with Crippen LogP contribution in [-0.2, 0) is 19.1 Å². The number of alkyl halides is 3. The number of pyridine rings is 1. The van der Waals surface area contributed by atoms with Gasteiger partial charge in [-0.15, -0.1) is 0 Å². The van der Waals surface area contributed by atoms with Crippen LogP contribution < -0.4 is 10.3 Å². The second-order valence-corrected chi connectivity index (χ2v) is 7.92. The Labute approximate surface area is 200 Å². The number of ether oxygens (including phenoxy) is 1. The third-order valence-corrected chi connectivity index (χ3v) is 5.53. The molecule has 0 bridgehead atoms. The molecule has 7 heteroatoms. The minimum absolute atomic E-state index is 0.0148. The van der Waals surface area contributed by atoms with Crippen LogP contribution in [0.5, 0.6) is 5.75 Å². The Bertz CT molecular complexity index is 1410. The molecule has 0 aliphatic heterocycles. The van der Waals surface area contributed by atoms with Gasteiger partial charge in [0, 0.05) is 12.0 Å². The fourth-order valence-corrected chi connectivity index (χ4v) is 3.82. The van der Waals surface area contributed by atoms with Gasteiger partial charge >= 0.3 is 6.18 Å². The maximum Gasteiger partial charge on any atom is 0.417 e. The Morgan fingerprint density at radius 2 is 1.51 bits per heavy atom. The molecule has 0 fully saturated rings. The van der Waals surface area contributed by atoms with Gasteiger partial charge in [0.05, 0.1) is 24.4 Å². The van der Waals surface area contributed by atoms with Gasteiger partial charge < -0.3 is 9.30 Å². The molecule has 0 saturated heterocycles. The van der Waals surface area contributed by atoms with Crippen molar-refractivity contribution in [1.29, 1.82) is 5.26 Å². The zero-order valence-corrected chi connectivity index (χ0v) is 18.6. The molecule has 0 spiro atoms.